The Morgan fingerprint density at radius 2 is 2.14 bits per heavy atom. The van der Waals surface area contributed by atoms with Gasteiger partial charge in [-0.2, -0.15) is 0 Å². The highest BCUT2D eigenvalue weighted by atomic mass is 35.5. The number of aryl methyl sites for hydroxylation is 1. The van der Waals surface area contributed by atoms with Crippen LogP contribution in [-0.4, -0.2) is 17.6 Å². The molecule has 8 heteroatoms. The standard InChI is InChI=1S/C13H15ClF3N3O/c1-7-2-3-8-6-9(21-13(15,16)17)4-5-10(8)19-12(14)11(7)20-18/h4-7,11,20H,2-3,18H2,1H3. The lowest BCUT2D eigenvalue weighted by atomic mass is 9.93. The summed E-state index contributed by atoms with van der Waals surface area (Å²) < 4.78 is 40.7. The zero-order valence-electron chi connectivity index (χ0n) is 11.2. The van der Waals surface area contributed by atoms with E-state index >= 15 is 0 Å². The van der Waals surface area contributed by atoms with E-state index in [9.17, 15) is 13.2 Å². The van der Waals surface area contributed by atoms with Gasteiger partial charge in [0.1, 0.15) is 10.9 Å². The monoisotopic (exact) mass is 321 g/mol. The van der Waals surface area contributed by atoms with Gasteiger partial charge in [-0.25, -0.2) is 4.99 Å². The first kappa shape index (κ1) is 16.1. The fourth-order valence-corrected chi connectivity index (χ4v) is 2.64. The van der Waals surface area contributed by atoms with Crippen LogP contribution < -0.4 is 16.0 Å². The average molecular weight is 322 g/mol. The predicted molar refractivity (Wildman–Crippen MR) is 74.7 cm³/mol. The second kappa shape index (κ2) is 6.21. The van der Waals surface area contributed by atoms with Gasteiger partial charge < -0.3 is 4.74 Å². The number of benzene rings is 1. The van der Waals surface area contributed by atoms with Crippen molar-refractivity contribution in [3.8, 4) is 5.75 Å². The Kier molecular flexibility index (Phi) is 4.75. The van der Waals surface area contributed by atoms with Crippen molar-refractivity contribution < 1.29 is 17.9 Å². The van der Waals surface area contributed by atoms with E-state index in [1.54, 1.807) is 0 Å². The Morgan fingerprint density at radius 3 is 2.76 bits per heavy atom. The molecule has 0 radical (unpaired) electrons. The molecule has 1 aliphatic rings. The maximum Gasteiger partial charge on any atom is 0.573 e. The van der Waals surface area contributed by atoms with Gasteiger partial charge >= 0.3 is 6.36 Å². The van der Waals surface area contributed by atoms with E-state index < -0.39 is 6.36 Å². The summed E-state index contributed by atoms with van der Waals surface area (Å²) in [6, 6.07) is 3.75. The lowest BCUT2D eigenvalue weighted by Crippen LogP contribution is -2.44. The fraction of sp³-hybridized carbons (Fsp3) is 0.462. The van der Waals surface area contributed by atoms with Gasteiger partial charge in [-0.3, -0.25) is 11.3 Å². The van der Waals surface area contributed by atoms with Crippen molar-refractivity contribution >= 4 is 22.5 Å². The number of halogens is 4. The molecule has 2 rings (SSSR count). The van der Waals surface area contributed by atoms with Crippen LogP contribution in [0.3, 0.4) is 0 Å². The lowest BCUT2D eigenvalue weighted by molar-refractivity contribution is -0.274. The van der Waals surface area contributed by atoms with Crippen LogP contribution in [0.15, 0.2) is 23.2 Å². The van der Waals surface area contributed by atoms with Crippen LogP contribution in [0.2, 0.25) is 0 Å². The van der Waals surface area contributed by atoms with Crippen LogP contribution >= 0.6 is 11.6 Å². The number of nitrogens with zero attached hydrogens (tertiary/aromatic N) is 1. The number of hydrazine groups is 1. The Morgan fingerprint density at radius 1 is 1.43 bits per heavy atom. The number of aliphatic imine (C=N–C) groups is 1. The summed E-state index contributed by atoms with van der Waals surface area (Å²) in [5.41, 5.74) is 3.80. The van der Waals surface area contributed by atoms with Crippen LogP contribution in [0, 0.1) is 5.92 Å². The third kappa shape index (κ3) is 4.09. The van der Waals surface area contributed by atoms with Crippen LogP contribution in [0.25, 0.3) is 0 Å². The molecule has 4 nitrogen and oxygen atoms in total. The van der Waals surface area contributed by atoms with Crippen molar-refractivity contribution in [3.05, 3.63) is 23.8 Å². The minimum atomic E-state index is -4.71. The summed E-state index contributed by atoms with van der Waals surface area (Å²) in [5, 5.41) is 0.287. The highest BCUT2D eigenvalue weighted by molar-refractivity contribution is 6.67. The average Bonchev–Trinajstić information content (AvgIpc) is 2.36. The largest absolute Gasteiger partial charge is 0.573 e. The molecule has 0 saturated carbocycles. The molecular weight excluding hydrogens is 307 g/mol. The first-order valence-corrected chi connectivity index (χ1v) is 6.77. The second-order valence-corrected chi connectivity index (χ2v) is 5.32. The number of rotatable bonds is 2. The summed E-state index contributed by atoms with van der Waals surface area (Å²) >= 11 is 6.12. The SMILES string of the molecule is CC1CCc2cc(OC(F)(F)F)ccc2N=C(Cl)C1NN. The summed E-state index contributed by atoms with van der Waals surface area (Å²) in [4.78, 5) is 4.24. The molecule has 0 aliphatic carbocycles. The molecule has 1 aliphatic heterocycles. The molecular formula is C13H15ClF3N3O. The Bertz CT molecular complexity index is 548. The third-order valence-electron chi connectivity index (χ3n) is 3.39. The summed E-state index contributed by atoms with van der Waals surface area (Å²) in [6.07, 6.45) is -3.43. The number of alkyl halides is 3. The Balaban J connectivity index is 2.34. The number of ether oxygens (including phenoxy) is 1. The lowest BCUT2D eigenvalue weighted by Gasteiger charge is -2.24. The van der Waals surface area contributed by atoms with Crippen LogP contribution in [0.4, 0.5) is 18.9 Å². The van der Waals surface area contributed by atoms with Gasteiger partial charge in [0, 0.05) is 0 Å². The van der Waals surface area contributed by atoms with Crippen molar-refractivity contribution in [2.45, 2.75) is 32.2 Å². The zero-order valence-corrected chi connectivity index (χ0v) is 12.0. The molecule has 116 valence electrons. The van der Waals surface area contributed by atoms with Crippen molar-refractivity contribution in [1.82, 2.24) is 5.43 Å². The normalized spacial score (nSPS) is 22.9. The minimum absolute atomic E-state index is 0.103. The Hall–Kier alpha value is -1.31. The van der Waals surface area contributed by atoms with E-state index in [2.05, 4.69) is 15.2 Å². The van der Waals surface area contributed by atoms with Crippen molar-refractivity contribution in [2.24, 2.45) is 16.8 Å². The van der Waals surface area contributed by atoms with E-state index in [0.29, 0.717) is 24.1 Å². The van der Waals surface area contributed by atoms with Crippen molar-refractivity contribution in [3.63, 3.8) is 0 Å². The molecule has 1 aromatic carbocycles. The van der Waals surface area contributed by atoms with Crippen LogP contribution in [0.1, 0.15) is 18.9 Å². The molecule has 0 amide bonds. The molecule has 2 unspecified atom stereocenters. The topological polar surface area (TPSA) is 59.6 Å². The Labute approximate surface area is 125 Å². The van der Waals surface area contributed by atoms with E-state index in [1.165, 1.54) is 18.2 Å². The highest BCUT2D eigenvalue weighted by Crippen LogP contribution is 2.32. The maximum atomic E-state index is 12.2. The zero-order chi connectivity index (χ0) is 15.6. The van der Waals surface area contributed by atoms with Crippen LogP contribution in [-0.2, 0) is 6.42 Å². The molecule has 0 saturated heterocycles. The van der Waals surface area contributed by atoms with E-state index in [4.69, 9.17) is 17.4 Å². The van der Waals surface area contributed by atoms with Gasteiger partial charge in [-0.05, 0) is 42.5 Å². The molecule has 0 aromatic heterocycles. The van der Waals surface area contributed by atoms with Gasteiger partial charge in [-0.1, -0.05) is 18.5 Å². The predicted octanol–water partition coefficient (Wildman–Crippen LogP) is 3.27. The summed E-state index contributed by atoms with van der Waals surface area (Å²) in [7, 11) is 0. The van der Waals surface area contributed by atoms with Gasteiger partial charge in [-0.15, -0.1) is 13.2 Å². The quantitative estimate of drug-likeness (QED) is 0.649. The summed E-state index contributed by atoms with van der Waals surface area (Å²) in [6.45, 7) is 1.95. The molecule has 1 heterocycles. The molecule has 21 heavy (non-hydrogen) atoms. The second-order valence-electron chi connectivity index (χ2n) is 4.93. The molecule has 0 fully saturated rings. The summed E-state index contributed by atoms with van der Waals surface area (Å²) in [5.74, 6) is 5.31. The molecule has 2 atom stereocenters. The number of fused-ring (bicyclic) bond motifs is 1. The maximum absolute atomic E-state index is 12.2. The van der Waals surface area contributed by atoms with E-state index in [0.717, 1.165) is 0 Å². The highest BCUT2D eigenvalue weighted by Gasteiger charge is 2.31. The van der Waals surface area contributed by atoms with Crippen LogP contribution in [0.5, 0.6) is 5.75 Å². The third-order valence-corrected chi connectivity index (χ3v) is 3.71. The molecule has 1 aromatic rings. The van der Waals surface area contributed by atoms with Crippen molar-refractivity contribution in [1.29, 1.82) is 0 Å². The fourth-order valence-electron chi connectivity index (χ4n) is 2.27. The first-order chi connectivity index (χ1) is 9.80. The van der Waals surface area contributed by atoms with Gasteiger partial charge in [0.2, 0.25) is 0 Å². The number of hydrogen-bond acceptors (Lipinski definition) is 4. The number of nitrogens with two attached hydrogens (primary N) is 1. The van der Waals surface area contributed by atoms with E-state index in [-0.39, 0.29) is 22.9 Å². The van der Waals surface area contributed by atoms with E-state index in [1.807, 2.05) is 6.92 Å². The number of nitrogens with one attached hydrogen (secondary N) is 1. The first-order valence-electron chi connectivity index (χ1n) is 6.39. The number of hydrogen-bond donors (Lipinski definition) is 2. The molecule has 3 N–H and O–H groups in total. The van der Waals surface area contributed by atoms with Crippen molar-refractivity contribution in [2.75, 3.05) is 0 Å². The molecule has 0 spiro atoms. The van der Waals surface area contributed by atoms with Gasteiger partial charge in [0.05, 0.1) is 11.7 Å². The minimum Gasteiger partial charge on any atom is -0.406 e. The van der Waals surface area contributed by atoms with Gasteiger partial charge in [0.15, 0.2) is 0 Å². The van der Waals surface area contributed by atoms with Gasteiger partial charge in [0.25, 0.3) is 0 Å². The smallest absolute Gasteiger partial charge is 0.406 e. The molecule has 0 bridgehead atoms.